The number of carbonyl (C=O) groups is 1. The van der Waals surface area contributed by atoms with Gasteiger partial charge in [-0.1, -0.05) is 12.1 Å². The van der Waals surface area contributed by atoms with Gasteiger partial charge >= 0.3 is 0 Å². The van der Waals surface area contributed by atoms with Crippen LogP contribution >= 0.6 is 22.6 Å². The molecule has 0 aliphatic heterocycles. The van der Waals surface area contributed by atoms with Crippen molar-refractivity contribution in [1.82, 2.24) is 5.32 Å². The number of halogens is 1. The first kappa shape index (κ1) is 13.4. The van der Waals surface area contributed by atoms with Gasteiger partial charge in [0.1, 0.15) is 0 Å². The Morgan fingerprint density at radius 2 is 2.12 bits per heavy atom. The molecule has 0 atom stereocenters. The van der Waals surface area contributed by atoms with E-state index in [1.165, 1.54) is 0 Å². The molecule has 1 amide bonds. The van der Waals surface area contributed by atoms with E-state index in [0.717, 1.165) is 9.13 Å². The molecule has 0 bridgehead atoms. The van der Waals surface area contributed by atoms with E-state index in [4.69, 9.17) is 0 Å². The summed E-state index contributed by atoms with van der Waals surface area (Å²) in [6, 6.07) is 5.72. The molecule has 0 aliphatic rings. The molecule has 0 unspecified atom stereocenters. The number of amides is 1. The van der Waals surface area contributed by atoms with E-state index in [-0.39, 0.29) is 12.5 Å². The summed E-state index contributed by atoms with van der Waals surface area (Å²) in [6.45, 7) is 5.48. The largest absolute Gasteiger partial charge is 0.389 e. The molecule has 4 heteroatoms. The SMILES string of the molecule is Cc1cccc(I)c1C(=O)NCC(C)(C)O. The molecule has 0 aromatic heterocycles. The van der Waals surface area contributed by atoms with E-state index in [2.05, 4.69) is 27.9 Å². The number of benzene rings is 1. The van der Waals surface area contributed by atoms with Gasteiger partial charge in [0.2, 0.25) is 0 Å². The van der Waals surface area contributed by atoms with E-state index in [1.54, 1.807) is 13.8 Å². The third-order valence-corrected chi connectivity index (χ3v) is 3.03. The van der Waals surface area contributed by atoms with Crippen LogP contribution in [-0.2, 0) is 0 Å². The molecular weight excluding hydrogens is 317 g/mol. The molecule has 16 heavy (non-hydrogen) atoms. The summed E-state index contributed by atoms with van der Waals surface area (Å²) >= 11 is 2.14. The maximum Gasteiger partial charge on any atom is 0.252 e. The molecule has 0 saturated heterocycles. The Balaban J connectivity index is 2.81. The summed E-state index contributed by atoms with van der Waals surface area (Å²) in [4.78, 5) is 11.9. The number of rotatable bonds is 3. The smallest absolute Gasteiger partial charge is 0.252 e. The van der Waals surface area contributed by atoms with Crippen LogP contribution < -0.4 is 5.32 Å². The molecule has 1 rings (SSSR count). The first-order chi connectivity index (χ1) is 7.31. The summed E-state index contributed by atoms with van der Waals surface area (Å²) in [5.74, 6) is -0.135. The minimum Gasteiger partial charge on any atom is -0.389 e. The number of carbonyl (C=O) groups excluding carboxylic acids is 1. The fourth-order valence-electron chi connectivity index (χ4n) is 1.30. The Morgan fingerprint density at radius 1 is 1.50 bits per heavy atom. The van der Waals surface area contributed by atoms with Gasteiger partial charge in [-0.2, -0.15) is 0 Å². The molecule has 88 valence electrons. The van der Waals surface area contributed by atoms with Crippen LogP contribution in [0.15, 0.2) is 18.2 Å². The van der Waals surface area contributed by atoms with E-state index in [0.29, 0.717) is 5.56 Å². The van der Waals surface area contributed by atoms with Gasteiger partial charge in [-0.3, -0.25) is 4.79 Å². The molecule has 0 heterocycles. The average Bonchev–Trinajstić information content (AvgIpc) is 2.13. The van der Waals surface area contributed by atoms with Crippen LogP contribution in [0.3, 0.4) is 0 Å². The van der Waals surface area contributed by atoms with Gasteiger partial charge < -0.3 is 10.4 Å². The predicted octanol–water partition coefficient (Wildman–Crippen LogP) is 2.10. The third kappa shape index (κ3) is 3.75. The highest BCUT2D eigenvalue weighted by molar-refractivity contribution is 14.1. The number of aryl methyl sites for hydroxylation is 1. The lowest BCUT2D eigenvalue weighted by Gasteiger charge is -2.18. The summed E-state index contributed by atoms with van der Waals surface area (Å²) in [7, 11) is 0. The molecule has 1 aromatic rings. The molecule has 0 spiro atoms. The summed E-state index contributed by atoms with van der Waals surface area (Å²) < 4.78 is 0.922. The van der Waals surface area contributed by atoms with Gasteiger partial charge in [-0.15, -0.1) is 0 Å². The number of hydrogen-bond acceptors (Lipinski definition) is 2. The van der Waals surface area contributed by atoms with Crippen molar-refractivity contribution in [2.45, 2.75) is 26.4 Å². The van der Waals surface area contributed by atoms with Gasteiger partial charge in [-0.05, 0) is 55.0 Å². The molecule has 0 saturated carbocycles. The van der Waals surface area contributed by atoms with Crippen molar-refractivity contribution in [3.05, 3.63) is 32.9 Å². The van der Waals surface area contributed by atoms with Gasteiger partial charge in [0.25, 0.3) is 5.91 Å². The third-order valence-electron chi connectivity index (χ3n) is 2.13. The summed E-state index contributed by atoms with van der Waals surface area (Å²) in [6.07, 6.45) is 0. The Kier molecular flexibility index (Phi) is 4.32. The summed E-state index contributed by atoms with van der Waals surface area (Å²) in [5.41, 5.74) is 0.747. The van der Waals surface area contributed by atoms with Gasteiger partial charge in [0, 0.05) is 10.1 Å². The zero-order valence-electron chi connectivity index (χ0n) is 9.67. The van der Waals surface area contributed by atoms with Crippen LogP contribution in [0.5, 0.6) is 0 Å². The highest BCUT2D eigenvalue weighted by Gasteiger charge is 2.17. The topological polar surface area (TPSA) is 49.3 Å². The maximum atomic E-state index is 11.9. The molecule has 1 aromatic carbocycles. The molecule has 0 aliphatic carbocycles. The van der Waals surface area contributed by atoms with Gasteiger partial charge in [0.05, 0.1) is 11.2 Å². The van der Waals surface area contributed by atoms with Crippen LogP contribution in [0.4, 0.5) is 0 Å². The van der Waals surface area contributed by atoms with Gasteiger partial charge in [0.15, 0.2) is 0 Å². The zero-order valence-corrected chi connectivity index (χ0v) is 11.8. The van der Waals surface area contributed by atoms with Crippen LogP contribution in [0.1, 0.15) is 29.8 Å². The van der Waals surface area contributed by atoms with Crippen molar-refractivity contribution >= 4 is 28.5 Å². The normalized spacial score (nSPS) is 11.3. The minimum absolute atomic E-state index is 0.135. The van der Waals surface area contributed by atoms with Crippen LogP contribution in [0, 0.1) is 10.5 Å². The molecule has 2 N–H and O–H groups in total. The Bertz CT molecular complexity index is 376. The van der Waals surface area contributed by atoms with Crippen molar-refractivity contribution in [3.63, 3.8) is 0 Å². The standard InChI is InChI=1S/C12H16INO2/c1-8-5-4-6-9(13)10(8)11(15)14-7-12(2,3)16/h4-6,16H,7H2,1-3H3,(H,14,15). The minimum atomic E-state index is -0.885. The number of hydrogen-bond donors (Lipinski definition) is 2. The lowest BCUT2D eigenvalue weighted by Crippen LogP contribution is -2.38. The summed E-state index contributed by atoms with van der Waals surface area (Å²) in [5, 5.41) is 12.3. The molecule has 0 radical (unpaired) electrons. The van der Waals surface area contributed by atoms with Crippen molar-refractivity contribution in [2.24, 2.45) is 0 Å². The second-order valence-corrected chi connectivity index (χ2v) is 5.59. The van der Waals surface area contributed by atoms with Crippen LogP contribution in [0.25, 0.3) is 0 Å². The predicted molar refractivity (Wildman–Crippen MR) is 72.5 cm³/mol. The lowest BCUT2D eigenvalue weighted by molar-refractivity contribution is 0.0693. The number of aliphatic hydroxyl groups is 1. The molecule has 3 nitrogen and oxygen atoms in total. The fraction of sp³-hybridized carbons (Fsp3) is 0.417. The highest BCUT2D eigenvalue weighted by atomic mass is 127. The highest BCUT2D eigenvalue weighted by Crippen LogP contribution is 2.16. The first-order valence-electron chi connectivity index (χ1n) is 5.07. The van der Waals surface area contributed by atoms with Crippen LogP contribution in [-0.4, -0.2) is 23.2 Å². The molecule has 0 fully saturated rings. The first-order valence-corrected chi connectivity index (χ1v) is 6.15. The van der Waals surface area contributed by atoms with E-state index in [9.17, 15) is 9.90 Å². The van der Waals surface area contributed by atoms with Crippen LogP contribution in [0.2, 0.25) is 0 Å². The Hall–Kier alpha value is -0.620. The van der Waals surface area contributed by atoms with E-state index in [1.807, 2.05) is 25.1 Å². The van der Waals surface area contributed by atoms with Crippen molar-refractivity contribution < 1.29 is 9.90 Å². The monoisotopic (exact) mass is 333 g/mol. The van der Waals surface area contributed by atoms with Crippen molar-refractivity contribution in [1.29, 1.82) is 0 Å². The Labute approximate surface area is 109 Å². The molecular formula is C12H16INO2. The maximum absolute atomic E-state index is 11.9. The van der Waals surface area contributed by atoms with E-state index >= 15 is 0 Å². The average molecular weight is 333 g/mol. The second kappa shape index (κ2) is 5.14. The van der Waals surface area contributed by atoms with Gasteiger partial charge in [-0.25, -0.2) is 0 Å². The van der Waals surface area contributed by atoms with E-state index < -0.39 is 5.60 Å². The quantitative estimate of drug-likeness (QED) is 0.833. The van der Waals surface area contributed by atoms with Crippen molar-refractivity contribution in [3.8, 4) is 0 Å². The van der Waals surface area contributed by atoms with Crippen molar-refractivity contribution in [2.75, 3.05) is 6.54 Å². The lowest BCUT2D eigenvalue weighted by atomic mass is 10.1. The number of nitrogens with one attached hydrogen (secondary N) is 1. The zero-order chi connectivity index (χ0) is 12.3. The fourth-order valence-corrected chi connectivity index (χ4v) is 2.18. The Morgan fingerprint density at radius 3 is 2.62 bits per heavy atom. The second-order valence-electron chi connectivity index (χ2n) is 4.43.